The van der Waals surface area contributed by atoms with Gasteiger partial charge in [0.1, 0.15) is 5.69 Å². The number of ether oxygens (including phenoxy) is 2. The summed E-state index contributed by atoms with van der Waals surface area (Å²) in [5, 5.41) is 2.87. The largest absolute Gasteiger partial charge is 0.465 e. The number of hydrogen-bond acceptors (Lipinski definition) is 6. The summed E-state index contributed by atoms with van der Waals surface area (Å²) in [5.74, 6) is -0.580. The number of aryl methyl sites for hydroxylation is 1. The van der Waals surface area contributed by atoms with Gasteiger partial charge in [-0.2, -0.15) is 0 Å². The Kier molecular flexibility index (Phi) is 8.66. The maximum Gasteiger partial charge on any atom is 0.339 e. The average molecular weight is 408 g/mol. The Morgan fingerprint density at radius 2 is 1.83 bits per heavy atom. The Hall–Kier alpha value is -2.39. The van der Waals surface area contributed by atoms with Gasteiger partial charge in [0.25, 0.3) is 5.91 Å². The van der Waals surface area contributed by atoms with Crippen molar-refractivity contribution >= 4 is 17.8 Å². The lowest BCUT2D eigenvalue weighted by Gasteiger charge is -2.34. The number of carbonyl (C=O) groups excluding carboxylic acids is 3. The zero-order valence-electron chi connectivity index (χ0n) is 17.8. The highest BCUT2D eigenvalue weighted by atomic mass is 16.5. The van der Waals surface area contributed by atoms with Crippen molar-refractivity contribution in [3.05, 3.63) is 22.5 Å². The minimum atomic E-state index is -0.434. The van der Waals surface area contributed by atoms with Gasteiger partial charge in [0.2, 0.25) is 5.91 Å². The number of esters is 1. The van der Waals surface area contributed by atoms with Crippen LogP contribution in [-0.2, 0) is 20.7 Å². The van der Waals surface area contributed by atoms with Crippen molar-refractivity contribution in [3.8, 4) is 0 Å². The molecule has 0 atom stereocenters. The molecule has 29 heavy (non-hydrogen) atoms. The van der Waals surface area contributed by atoms with Gasteiger partial charge in [-0.15, -0.1) is 0 Å². The molecule has 0 aromatic carbocycles. The molecule has 1 fully saturated rings. The molecule has 9 nitrogen and oxygen atoms in total. The van der Waals surface area contributed by atoms with Gasteiger partial charge in [0.05, 0.1) is 19.2 Å². The van der Waals surface area contributed by atoms with Crippen LogP contribution in [0.4, 0.5) is 0 Å². The van der Waals surface area contributed by atoms with Crippen LogP contribution in [0.2, 0.25) is 0 Å². The predicted molar refractivity (Wildman–Crippen MR) is 108 cm³/mol. The fourth-order valence-corrected chi connectivity index (χ4v) is 3.49. The van der Waals surface area contributed by atoms with Crippen molar-refractivity contribution < 1.29 is 23.9 Å². The SMILES string of the molecule is CCc1[nH]c(C(=O)N2CCN(CC(=O)NCCCOC)CC2)c(C)c1C(=O)OC. The third-order valence-electron chi connectivity index (χ3n) is 5.16. The third-order valence-corrected chi connectivity index (χ3v) is 5.16. The summed E-state index contributed by atoms with van der Waals surface area (Å²) in [7, 11) is 2.97. The van der Waals surface area contributed by atoms with Crippen LogP contribution >= 0.6 is 0 Å². The quantitative estimate of drug-likeness (QED) is 0.458. The van der Waals surface area contributed by atoms with E-state index in [0.29, 0.717) is 74.8 Å². The number of aromatic nitrogens is 1. The zero-order valence-corrected chi connectivity index (χ0v) is 17.8. The van der Waals surface area contributed by atoms with Gasteiger partial charge in [-0.25, -0.2) is 4.79 Å². The summed E-state index contributed by atoms with van der Waals surface area (Å²) in [6.07, 6.45) is 1.39. The normalized spacial score (nSPS) is 14.7. The van der Waals surface area contributed by atoms with Crippen molar-refractivity contribution in [1.29, 1.82) is 0 Å². The molecule has 0 aliphatic carbocycles. The second-order valence-electron chi connectivity index (χ2n) is 7.09. The summed E-state index contributed by atoms with van der Waals surface area (Å²) in [4.78, 5) is 43.9. The maximum atomic E-state index is 13.0. The molecule has 2 N–H and O–H groups in total. The first-order chi connectivity index (χ1) is 13.9. The average Bonchev–Trinajstić information content (AvgIpc) is 3.07. The summed E-state index contributed by atoms with van der Waals surface area (Å²) in [6.45, 7) is 7.54. The monoisotopic (exact) mass is 408 g/mol. The highest BCUT2D eigenvalue weighted by molar-refractivity contribution is 6.00. The van der Waals surface area contributed by atoms with Crippen LogP contribution in [0.5, 0.6) is 0 Å². The fourth-order valence-electron chi connectivity index (χ4n) is 3.49. The lowest BCUT2D eigenvalue weighted by atomic mass is 10.1. The van der Waals surface area contributed by atoms with E-state index in [2.05, 4.69) is 10.3 Å². The Bertz CT molecular complexity index is 723. The van der Waals surface area contributed by atoms with E-state index in [1.54, 1.807) is 18.9 Å². The van der Waals surface area contributed by atoms with Gasteiger partial charge in [-0.1, -0.05) is 6.92 Å². The number of methoxy groups -OCH3 is 2. The van der Waals surface area contributed by atoms with Crippen LogP contribution < -0.4 is 5.32 Å². The molecule has 0 saturated carbocycles. The molecule has 0 bridgehead atoms. The predicted octanol–water partition coefficient (Wildman–Crippen LogP) is 0.583. The molecule has 1 aromatic heterocycles. The van der Waals surface area contributed by atoms with Gasteiger partial charge >= 0.3 is 5.97 Å². The van der Waals surface area contributed by atoms with Crippen molar-refractivity contribution in [2.45, 2.75) is 26.7 Å². The summed E-state index contributed by atoms with van der Waals surface area (Å²) in [6, 6.07) is 0. The third kappa shape index (κ3) is 5.80. The van der Waals surface area contributed by atoms with Gasteiger partial charge in [-0.3, -0.25) is 14.5 Å². The number of aromatic amines is 1. The van der Waals surface area contributed by atoms with E-state index in [1.807, 2.05) is 11.8 Å². The Morgan fingerprint density at radius 3 is 2.41 bits per heavy atom. The molecule has 1 aliphatic heterocycles. The maximum absolute atomic E-state index is 13.0. The first-order valence-electron chi connectivity index (χ1n) is 9.99. The van der Waals surface area contributed by atoms with E-state index < -0.39 is 5.97 Å². The Balaban J connectivity index is 1.91. The summed E-state index contributed by atoms with van der Waals surface area (Å²) >= 11 is 0. The number of carbonyl (C=O) groups is 3. The highest BCUT2D eigenvalue weighted by Crippen LogP contribution is 2.22. The standard InChI is InChI=1S/C20H32N4O5/c1-5-15-17(20(27)29-4)14(2)18(22-15)19(26)24-10-8-23(9-11-24)13-16(25)21-7-6-12-28-3/h22H,5-13H2,1-4H3,(H,21,25). The van der Waals surface area contributed by atoms with Crippen LogP contribution in [-0.4, -0.2) is 92.7 Å². The molecule has 1 aliphatic rings. The lowest BCUT2D eigenvalue weighted by Crippen LogP contribution is -2.51. The van der Waals surface area contributed by atoms with Gasteiger partial charge in [0.15, 0.2) is 0 Å². The van der Waals surface area contributed by atoms with E-state index in [0.717, 1.165) is 6.42 Å². The number of hydrogen-bond donors (Lipinski definition) is 2. The zero-order chi connectivity index (χ0) is 21.4. The first-order valence-corrected chi connectivity index (χ1v) is 9.99. The van der Waals surface area contributed by atoms with Gasteiger partial charge in [-0.05, 0) is 25.3 Å². The van der Waals surface area contributed by atoms with E-state index in [-0.39, 0.29) is 11.8 Å². The molecule has 2 amide bonds. The van der Waals surface area contributed by atoms with Crippen LogP contribution in [0, 0.1) is 6.92 Å². The number of piperazine rings is 1. The molecule has 0 spiro atoms. The number of rotatable bonds is 9. The molecule has 0 unspecified atom stereocenters. The molecule has 0 radical (unpaired) electrons. The van der Waals surface area contributed by atoms with Gasteiger partial charge < -0.3 is 24.7 Å². The van der Waals surface area contributed by atoms with Crippen LogP contribution in [0.3, 0.4) is 0 Å². The Morgan fingerprint density at radius 1 is 1.14 bits per heavy atom. The van der Waals surface area contributed by atoms with Gasteiger partial charge in [0, 0.05) is 52.1 Å². The molecule has 1 aromatic rings. The minimum absolute atomic E-state index is 0.0172. The van der Waals surface area contributed by atoms with E-state index in [1.165, 1.54) is 7.11 Å². The topological polar surface area (TPSA) is 104 Å². The summed E-state index contributed by atoms with van der Waals surface area (Å²) < 4.78 is 9.82. The lowest BCUT2D eigenvalue weighted by molar-refractivity contribution is -0.122. The van der Waals surface area contributed by atoms with Crippen molar-refractivity contribution in [2.24, 2.45) is 0 Å². The van der Waals surface area contributed by atoms with Crippen molar-refractivity contribution in [2.75, 3.05) is 60.1 Å². The Labute approximate surface area is 171 Å². The highest BCUT2D eigenvalue weighted by Gasteiger charge is 2.28. The molecular formula is C20H32N4O5. The smallest absolute Gasteiger partial charge is 0.339 e. The number of nitrogens with zero attached hydrogens (tertiary/aromatic N) is 2. The van der Waals surface area contributed by atoms with Crippen molar-refractivity contribution in [1.82, 2.24) is 20.1 Å². The first kappa shape index (κ1) is 22.9. The molecule has 2 rings (SSSR count). The van der Waals surface area contributed by atoms with Crippen LogP contribution in [0.15, 0.2) is 0 Å². The molecular weight excluding hydrogens is 376 g/mol. The fraction of sp³-hybridized carbons (Fsp3) is 0.650. The van der Waals surface area contributed by atoms with Crippen molar-refractivity contribution in [3.63, 3.8) is 0 Å². The number of nitrogens with one attached hydrogen (secondary N) is 2. The van der Waals surface area contributed by atoms with E-state index in [9.17, 15) is 14.4 Å². The second kappa shape index (κ2) is 11.0. The van der Waals surface area contributed by atoms with E-state index in [4.69, 9.17) is 9.47 Å². The molecule has 9 heteroatoms. The molecule has 1 saturated heterocycles. The molecule has 162 valence electrons. The molecule has 2 heterocycles. The van der Waals surface area contributed by atoms with Crippen LogP contribution in [0.1, 0.15) is 45.4 Å². The minimum Gasteiger partial charge on any atom is -0.465 e. The second-order valence-corrected chi connectivity index (χ2v) is 7.09. The summed E-state index contributed by atoms with van der Waals surface area (Å²) in [5.41, 5.74) is 2.21. The van der Waals surface area contributed by atoms with E-state index >= 15 is 0 Å². The number of H-pyrrole nitrogens is 1. The number of amides is 2. The van der Waals surface area contributed by atoms with Crippen LogP contribution in [0.25, 0.3) is 0 Å².